The van der Waals surface area contributed by atoms with Crippen molar-refractivity contribution >= 4 is 28.9 Å². The minimum absolute atomic E-state index is 0.682. The Morgan fingerprint density at radius 1 is 1.33 bits per heavy atom. The number of nitrogens with one attached hydrogen (secondary N) is 2. The highest BCUT2D eigenvalue weighted by atomic mass is 35.5. The second kappa shape index (κ2) is 6.47. The molecule has 2 rings (SSSR count). The first-order chi connectivity index (χ1) is 8.78. The van der Waals surface area contributed by atoms with Gasteiger partial charge in [0.2, 0.25) is 0 Å². The normalized spacial score (nSPS) is 11.6. The smallest absolute Gasteiger partial charge is 0.191 e. The van der Waals surface area contributed by atoms with Crippen LogP contribution in [0.1, 0.15) is 10.4 Å². The Labute approximate surface area is 115 Å². The first-order valence-electron chi connectivity index (χ1n) is 5.48. The lowest BCUT2D eigenvalue weighted by Crippen LogP contribution is -2.36. The van der Waals surface area contributed by atoms with E-state index in [1.165, 1.54) is 4.88 Å². The first-order valence-corrected chi connectivity index (χ1v) is 6.67. The van der Waals surface area contributed by atoms with Crippen molar-refractivity contribution in [1.29, 1.82) is 0 Å². The molecule has 2 N–H and O–H groups in total. The average molecular weight is 284 g/mol. The third-order valence-electron chi connectivity index (χ3n) is 2.32. The van der Waals surface area contributed by atoms with E-state index in [4.69, 9.17) is 16.0 Å². The zero-order valence-corrected chi connectivity index (χ0v) is 11.5. The quantitative estimate of drug-likeness (QED) is 0.670. The first kappa shape index (κ1) is 13.0. The van der Waals surface area contributed by atoms with Gasteiger partial charge in [-0.25, -0.2) is 0 Å². The summed E-state index contributed by atoms with van der Waals surface area (Å²) in [5, 5.41) is 6.42. The highest BCUT2D eigenvalue weighted by molar-refractivity contribution is 7.16. The summed E-state index contributed by atoms with van der Waals surface area (Å²) in [4.78, 5) is 5.32. The van der Waals surface area contributed by atoms with Crippen LogP contribution in [0.2, 0.25) is 4.34 Å². The monoisotopic (exact) mass is 283 g/mol. The summed E-state index contributed by atoms with van der Waals surface area (Å²) in [7, 11) is 1.74. The predicted octanol–water partition coefficient (Wildman–Crippen LogP) is 2.86. The largest absolute Gasteiger partial charge is 0.472 e. The number of halogens is 1. The van der Waals surface area contributed by atoms with E-state index in [2.05, 4.69) is 15.6 Å². The summed E-state index contributed by atoms with van der Waals surface area (Å²) in [5.41, 5.74) is 1.08. The van der Waals surface area contributed by atoms with Crippen LogP contribution in [-0.2, 0) is 13.1 Å². The maximum absolute atomic E-state index is 5.87. The molecule has 0 fully saturated rings. The molecule has 4 nitrogen and oxygen atoms in total. The molecule has 0 aliphatic rings. The Kier molecular flexibility index (Phi) is 4.66. The van der Waals surface area contributed by atoms with Crippen molar-refractivity contribution in [1.82, 2.24) is 10.6 Å². The summed E-state index contributed by atoms with van der Waals surface area (Å²) in [6, 6.07) is 5.81. The minimum Gasteiger partial charge on any atom is -0.472 e. The van der Waals surface area contributed by atoms with E-state index >= 15 is 0 Å². The fraction of sp³-hybridized carbons (Fsp3) is 0.250. The van der Waals surface area contributed by atoms with Gasteiger partial charge in [-0.15, -0.1) is 11.3 Å². The Morgan fingerprint density at radius 3 is 2.78 bits per heavy atom. The van der Waals surface area contributed by atoms with Crippen molar-refractivity contribution in [3.63, 3.8) is 0 Å². The van der Waals surface area contributed by atoms with Gasteiger partial charge < -0.3 is 15.1 Å². The molecule has 2 aromatic heterocycles. The Bertz CT molecular complexity index is 507. The van der Waals surface area contributed by atoms with Gasteiger partial charge in [0.1, 0.15) is 0 Å². The van der Waals surface area contributed by atoms with Crippen molar-refractivity contribution in [3.05, 3.63) is 45.5 Å². The van der Waals surface area contributed by atoms with E-state index in [0.717, 1.165) is 15.9 Å². The Hall–Kier alpha value is -1.46. The van der Waals surface area contributed by atoms with Crippen molar-refractivity contribution < 1.29 is 4.42 Å². The van der Waals surface area contributed by atoms with Gasteiger partial charge in [-0.05, 0) is 18.2 Å². The number of hydrogen-bond donors (Lipinski definition) is 2. The lowest BCUT2D eigenvalue weighted by atomic mass is 10.3. The molecular formula is C12H14ClN3OS. The molecule has 0 unspecified atom stereocenters. The molecule has 0 radical (unpaired) electrons. The molecule has 6 heteroatoms. The molecule has 0 spiro atoms. The predicted molar refractivity (Wildman–Crippen MR) is 75.1 cm³/mol. The maximum atomic E-state index is 5.87. The standard InChI is InChI=1S/C12H14ClN3OS/c1-14-12(15-6-9-4-5-17-8-9)16-7-10-2-3-11(13)18-10/h2-5,8H,6-7H2,1H3,(H2,14,15,16). The third kappa shape index (κ3) is 3.78. The van der Waals surface area contributed by atoms with Crippen LogP contribution in [0, 0.1) is 0 Å². The number of aliphatic imine (C=N–C) groups is 1. The molecule has 18 heavy (non-hydrogen) atoms. The van der Waals surface area contributed by atoms with Gasteiger partial charge in [0.05, 0.1) is 23.4 Å². The minimum atomic E-state index is 0.682. The van der Waals surface area contributed by atoms with Crippen molar-refractivity contribution in [2.24, 2.45) is 4.99 Å². The lowest BCUT2D eigenvalue weighted by molar-refractivity contribution is 0.563. The molecular weight excluding hydrogens is 270 g/mol. The number of furan rings is 1. The molecule has 0 aliphatic carbocycles. The number of guanidine groups is 1. The van der Waals surface area contributed by atoms with Crippen molar-refractivity contribution in [2.45, 2.75) is 13.1 Å². The van der Waals surface area contributed by atoms with E-state index in [9.17, 15) is 0 Å². The van der Waals surface area contributed by atoms with Gasteiger partial charge in [0, 0.05) is 24.0 Å². The molecule has 0 aliphatic heterocycles. The highest BCUT2D eigenvalue weighted by Gasteiger charge is 2.01. The van der Waals surface area contributed by atoms with E-state index in [1.807, 2.05) is 18.2 Å². The van der Waals surface area contributed by atoms with Crippen LogP contribution in [-0.4, -0.2) is 13.0 Å². The molecule has 2 aromatic rings. The van der Waals surface area contributed by atoms with Gasteiger partial charge in [-0.1, -0.05) is 11.6 Å². The molecule has 0 saturated carbocycles. The van der Waals surface area contributed by atoms with Crippen LogP contribution < -0.4 is 10.6 Å². The third-order valence-corrected chi connectivity index (χ3v) is 3.55. The Balaban J connectivity index is 1.79. The fourth-order valence-electron chi connectivity index (χ4n) is 1.42. The molecule has 2 heterocycles. The lowest BCUT2D eigenvalue weighted by Gasteiger charge is -2.10. The fourth-order valence-corrected chi connectivity index (χ4v) is 2.44. The molecule has 96 valence electrons. The molecule has 0 amide bonds. The topological polar surface area (TPSA) is 49.6 Å². The van der Waals surface area contributed by atoms with Crippen molar-refractivity contribution in [2.75, 3.05) is 7.05 Å². The van der Waals surface area contributed by atoms with Gasteiger partial charge >= 0.3 is 0 Å². The summed E-state index contributed by atoms with van der Waals surface area (Å²) in [6.45, 7) is 1.39. The van der Waals surface area contributed by atoms with Gasteiger partial charge in [0.15, 0.2) is 5.96 Å². The molecule has 0 aromatic carbocycles. The number of thiophene rings is 1. The zero-order valence-electron chi connectivity index (χ0n) is 9.94. The van der Waals surface area contributed by atoms with Crippen molar-refractivity contribution in [3.8, 4) is 0 Å². The van der Waals surface area contributed by atoms with Gasteiger partial charge in [-0.3, -0.25) is 4.99 Å². The van der Waals surface area contributed by atoms with E-state index < -0.39 is 0 Å². The summed E-state index contributed by atoms with van der Waals surface area (Å²) < 4.78 is 5.80. The zero-order chi connectivity index (χ0) is 12.8. The molecule has 0 atom stereocenters. The van der Waals surface area contributed by atoms with Crippen LogP contribution in [0.25, 0.3) is 0 Å². The van der Waals surface area contributed by atoms with E-state index in [0.29, 0.717) is 13.1 Å². The van der Waals surface area contributed by atoms with Crippen LogP contribution >= 0.6 is 22.9 Å². The maximum Gasteiger partial charge on any atom is 0.191 e. The van der Waals surface area contributed by atoms with E-state index in [-0.39, 0.29) is 0 Å². The van der Waals surface area contributed by atoms with Crippen LogP contribution in [0.5, 0.6) is 0 Å². The van der Waals surface area contributed by atoms with Gasteiger partial charge in [-0.2, -0.15) is 0 Å². The molecule has 0 bridgehead atoms. The number of hydrogen-bond acceptors (Lipinski definition) is 3. The summed E-state index contributed by atoms with van der Waals surface area (Å²) in [6.07, 6.45) is 3.36. The number of rotatable bonds is 4. The summed E-state index contributed by atoms with van der Waals surface area (Å²) >= 11 is 7.43. The average Bonchev–Trinajstić information content (AvgIpc) is 3.01. The van der Waals surface area contributed by atoms with Crippen LogP contribution in [0.15, 0.2) is 40.1 Å². The number of nitrogens with zero attached hydrogens (tertiary/aromatic N) is 1. The highest BCUT2D eigenvalue weighted by Crippen LogP contribution is 2.20. The second-order valence-electron chi connectivity index (χ2n) is 3.62. The second-order valence-corrected chi connectivity index (χ2v) is 5.42. The van der Waals surface area contributed by atoms with E-state index in [1.54, 1.807) is 30.9 Å². The van der Waals surface area contributed by atoms with Crippen LogP contribution in [0.4, 0.5) is 0 Å². The van der Waals surface area contributed by atoms with Gasteiger partial charge in [0.25, 0.3) is 0 Å². The summed E-state index contributed by atoms with van der Waals surface area (Å²) in [5.74, 6) is 0.751. The molecule has 0 saturated heterocycles. The van der Waals surface area contributed by atoms with Crippen LogP contribution in [0.3, 0.4) is 0 Å². The Morgan fingerprint density at radius 2 is 2.17 bits per heavy atom. The SMILES string of the molecule is CN=C(NCc1ccoc1)NCc1ccc(Cl)s1.